The number of primary amides is 3. The zero-order valence-electron chi connectivity index (χ0n) is 35.9. The molecule has 0 radical (unpaired) electrons. The van der Waals surface area contributed by atoms with E-state index in [2.05, 4.69) is 21.3 Å². The summed E-state index contributed by atoms with van der Waals surface area (Å²) >= 11 is 0. The van der Waals surface area contributed by atoms with E-state index in [0.29, 0.717) is 58.8 Å². The number of hydrogen-bond acceptors (Lipinski definition) is 15. The largest absolute Gasteiger partial charge is 0.481 e. The molecule has 23 heteroatoms. The molecule has 0 aliphatic carbocycles. The van der Waals surface area contributed by atoms with Crippen molar-refractivity contribution in [3.05, 3.63) is 48.0 Å². The van der Waals surface area contributed by atoms with Gasteiger partial charge >= 0.3 is 17.9 Å². The Bertz CT molecular complexity index is 1870. The van der Waals surface area contributed by atoms with E-state index in [4.69, 9.17) is 22.3 Å². The quantitative estimate of drug-likeness (QED) is 0.0317. The average molecular weight is 902 g/mol. The molecule has 0 bridgehead atoms. The van der Waals surface area contributed by atoms with Crippen LogP contribution in [0.2, 0.25) is 0 Å². The van der Waals surface area contributed by atoms with Crippen LogP contribution in [0.1, 0.15) is 37.7 Å². The van der Waals surface area contributed by atoms with Gasteiger partial charge in [0.05, 0.1) is 26.2 Å². The third-order valence-corrected chi connectivity index (χ3v) is 10.5. The molecule has 0 saturated carbocycles. The molecule has 14 N–H and O–H groups in total. The van der Waals surface area contributed by atoms with Gasteiger partial charge in [0.15, 0.2) is 6.35 Å². The zero-order valence-corrected chi connectivity index (χ0v) is 35.9. The minimum atomic E-state index is -1.78. The van der Waals surface area contributed by atoms with E-state index in [1.54, 1.807) is 0 Å². The van der Waals surface area contributed by atoms with E-state index in [9.17, 15) is 53.7 Å². The summed E-state index contributed by atoms with van der Waals surface area (Å²) in [6, 6.07) is 9.57. The van der Waals surface area contributed by atoms with Gasteiger partial charge in [-0.05, 0) is 42.0 Å². The second-order valence-electron chi connectivity index (χ2n) is 15.7. The fourth-order valence-corrected chi connectivity index (χ4v) is 7.19. The predicted octanol–water partition coefficient (Wildman–Crippen LogP) is -3.94. The number of carboxylic acids is 3. The number of benzene rings is 2. The predicted molar refractivity (Wildman–Crippen MR) is 232 cm³/mol. The van der Waals surface area contributed by atoms with Crippen LogP contribution in [-0.4, -0.2) is 197 Å². The van der Waals surface area contributed by atoms with Crippen LogP contribution in [0.4, 0.5) is 0 Å². The number of carbonyl (C=O) groups is 8. The molecule has 1 aliphatic rings. The molecule has 4 atom stereocenters. The molecule has 64 heavy (non-hydrogen) atoms. The van der Waals surface area contributed by atoms with Crippen LogP contribution in [0, 0.1) is 0 Å². The van der Waals surface area contributed by atoms with E-state index >= 15 is 0 Å². The number of unbranched alkanes of at least 4 members (excludes halogenated alkanes) is 1. The van der Waals surface area contributed by atoms with E-state index < -0.39 is 78.3 Å². The number of nitrogens with zero attached hydrogens (tertiary/aromatic N) is 4. The number of nitrogens with two attached hydrogens (primary N) is 3. The van der Waals surface area contributed by atoms with Crippen molar-refractivity contribution in [3.63, 3.8) is 0 Å². The molecule has 1 aliphatic heterocycles. The third-order valence-electron chi connectivity index (χ3n) is 10.5. The number of aliphatic hydroxyl groups is 1. The highest BCUT2D eigenvalue weighted by Gasteiger charge is 2.27. The van der Waals surface area contributed by atoms with E-state index in [0.717, 1.165) is 16.3 Å². The first-order valence-corrected chi connectivity index (χ1v) is 21.0. The Morgan fingerprint density at radius 1 is 0.594 bits per heavy atom. The minimum absolute atomic E-state index is 0.0245. The van der Waals surface area contributed by atoms with Crippen molar-refractivity contribution in [2.45, 2.75) is 63.0 Å². The van der Waals surface area contributed by atoms with Gasteiger partial charge < -0.3 is 48.3 Å². The van der Waals surface area contributed by atoms with Gasteiger partial charge in [-0.3, -0.25) is 68.6 Å². The topological polar surface area (TPSA) is 357 Å². The second-order valence-corrected chi connectivity index (χ2v) is 15.7. The number of amides is 5. The van der Waals surface area contributed by atoms with Crippen LogP contribution < -0.4 is 38.5 Å². The first kappa shape index (κ1) is 52.5. The molecule has 0 aromatic heterocycles. The maximum Gasteiger partial charge on any atom is 0.320 e. The molecule has 2 aromatic carbocycles. The first-order valence-electron chi connectivity index (χ1n) is 21.0. The monoisotopic (exact) mass is 901 g/mol. The molecule has 2 aromatic rings. The molecular weight excluding hydrogens is 839 g/mol. The van der Waals surface area contributed by atoms with Gasteiger partial charge in [0.25, 0.3) is 0 Å². The Hall–Kier alpha value is -5.82. The molecule has 354 valence electrons. The Kier molecular flexibility index (Phi) is 22.5. The first-order chi connectivity index (χ1) is 30.4. The lowest BCUT2D eigenvalue weighted by Crippen LogP contribution is -2.55. The van der Waals surface area contributed by atoms with Crippen molar-refractivity contribution in [2.75, 3.05) is 85.1 Å². The average Bonchev–Trinajstić information content (AvgIpc) is 3.21. The summed E-state index contributed by atoms with van der Waals surface area (Å²) in [4.78, 5) is 105. The fraction of sp³-hybridized carbons (Fsp3) is 0.561. The second kappa shape index (κ2) is 27.4. The van der Waals surface area contributed by atoms with Gasteiger partial charge in [0.1, 0.15) is 18.1 Å². The minimum Gasteiger partial charge on any atom is -0.481 e. The number of fused-ring (bicyclic) bond motifs is 1. The van der Waals surface area contributed by atoms with Crippen LogP contribution >= 0.6 is 0 Å². The van der Waals surface area contributed by atoms with Gasteiger partial charge in [-0.2, -0.15) is 0 Å². The molecule has 1 saturated heterocycles. The summed E-state index contributed by atoms with van der Waals surface area (Å²) in [6.07, 6.45) is -1.97. The summed E-state index contributed by atoms with van der Waals surface area (Å²) in [6.45, 7) is 2.48. The lowest BCUT2D eigenvalue weighted by molar-refractivity contribution is -0.143. The maximum atomic E-state index is 13.8. The van der Waals surface area contributed by atoms with Crippen LogP contribution in [0.25, 0.3) is 10.8 Å². The van der Waals surface area contributed by atoms with Gasteiger partial charge in [-0.15, -0.1) is 0 Å². The number of rotatable bonds is 26. The van der Waals surface area contributed by atoms with Gasteiger partial charge in [0, 0.05) is 71.7 Å². The number of carboxylic acid groups (broad SMARTS) is 3. The summed E-state index contributed by atoms with van der Waals surface area (Å²) in [5.41, 5.74) is 17.3. The summed E-state index contributed by atoms with van der Waals surface area (Å²) in [7, 11) is 0. The van der Waals surface area contributed by atoms with Crippen LogP contribution in [-0.2, 0) is 44.8 Å². The Labute approximate surface area is 370 Å². The Balaban J connectivity index is 1.70. The highest BCUT2D eigenvalue weighted by atomic mass is 16.4. The van der Waals surface area contributed by atoms with Crippen molar-refractivity contribution in [1.29, 1.82) is 0 Å². The highest BCUT2D eigenvalue weighted by molar-refractivity contribution is 5.89. The van der Waals surface area contributed by atoms with Crippen molar-refractivity contribution < 1.29 is 58.8 Å². The van der Waals surface area contributed by atoms with Gasteiger partial charge in [0.2, 0.25) is 29.5 Å². The van der Waals surface area contributed by atoms with Crippen molar-refractivity contribution in [2.24, 2.45) is 17.2 Å². The van der Waals surface area contributed by atoms with E-state index in [-0.39, 0.29) is 58.4 Å². The molecular formula is C41H63N11O12. The van der Waals surface area contributed by atoms with Crippen LogP contribution in [0.3, 0.4) is 0 Å². The van der Waals surface area contributed by atoms with Crippen LogP contribution in [0.15, 0.2) is 42.5 Å². The maximum absolute atomic E-state index is 13.8. The van der Waals surface area contributed by atoms with Gasteiger partial charge in [-0.1, -0.05) is 42.5 Å². The summed E-state index contributed by atoms with van der Waals surface area (Å²) < 4.78 is 0. The number of carbonyl (C=O) groups excluding carboxylic acids is 5. The Morgan fingerprint density at radius 3 is 1.53 bits per heavy atom. The molecule has 1 heterocycles. The molecule has 0 spiro atoms. The number of nitrogens with one attached hydrogen (secondary N) is 4. The third kappa shape index (κ3) is 20.6. The van der Waals surface area contributed by atoms with E-state index in [1.807, 2.05) is 62.1 Å². The highest BCUT2D eigenvalue weighted by Crippen LogP contribution is 2.17. The Morgan fingerprint density at radius 2 is 1.06 bits per heavy atom. The summed E-state index contributed by atoms with van der Waals surface area (Å²) in [5.74, 6) is -6.60. The molecule has 1 fully saturated rings. The zero-order chi connectivity index (χ0) is 47.2. The SMILES string of the molecule is NC(=O)CN1CCN(CC(N)=O)CCN(CC(=O)NC(Cc2ccc3ccccc3c2)C(=O)NCCCC[C@H](NC(O)N[C@@H](CCC(=O)O)C(=O)O)C(=O)O)CCN(CC(N)=O)CC1. The standard InChI is InChI=1S/C41H63N11O12/c42-33(53)23-49-13-15-50(24-34(43)54)17-19-52(20-18-51(16-14-49)25-35(44)55)26-36(56)46-32(22-27-8-9-28-5-1-2-6-29(28)21-27)38(59)45-12-4-3-7-30(39(60)61)47-41(64)48-31(40(62)63)10-11-37(57)58/h1-2,5-6,8-9,21,30-32,41,47-48,64H,3-4,7,10-20,22-26H2,(H2,42,53)(H2,43,54)(H2,44,55)(H,45,59)(H,46,56)(H,57,58)(H,60,61)(H,62,63)/t30-,31-,32?,41?/m0/s1. The summed E-state index contributed by atoms with van der Waals surface area (Å²) in [5, 5.41) is 50.5. The van der Waals surface area contributed by atoms with Crippen molar-refractivity contribution in [1.82, 2.24) is 40.9 Å². The molecule has 2 unspecified atom stereocenters. The number of hydrogen-bond donors (Lipinski definition) is 11. The lowest BCUT2D eigenvalue weighted by atomic mass is 10.0. The smallest absolute Gasteiger partial charge is 0.320 e. The fourth-order valence-electron chi connectivity index (χ4n) is 7.19. The van der Waals surface area contributed by atoms with Gasteiger partial charge in [-0.25, -0.2) is 0 Å². The number of aliphatic hydroxyl groups excluding tert-OH is 1. The lowest BCUT2D eigenvalue weighted by Gasteiger charge is -2.33. The molecule has 5 amide bonds. The molecule has 23 nitrogen and oxygen atoms in total. The number of aliphatic carboxylic acids is 3. The van der Waals surface area contributed by atoms with Crippen LogP contribution in [0.5, 0.6) is 0 Å². The normalized spacial score (nSPS) is 16.9. The van der Waals surface area contributed by atoms with Crippen molar-refractivity contribution >= 4 is 58.2 Å². The molecule has 3 rings (SSSR count). The van der Waals surface area contributed by atoms with E-state index in [1.165, 1.54) is 0 Å². The van der Waals surface area contributed by atoms with Crippen molar-refractivity contribution in [3.8, 4) is 0 Å².